The number of amides is 1. The number of hydrogen-bond acceptors (Lipinski definition) is 2. The minimum absolute atomic E-state index is 0.00410. The number of nitrogens with two attached hydrogens (primary N) is 1. The van der Waals surface area contributed by atoms with Crippen molar-refractivity contribution >= 4 is 21.8 Å². The fraction of sp³-hybridized carbons (Fsp3) is 0.533. The maximum absolute atomic E-state index is 11.8. The van der Waals surface area contributed by atoms with Crippen LogP contribution in [0.5, 0.6) is 0 Å². The molecule has 0 bridgehead atoms. The molecule has 0 heterocycles. The van der Waals surface area contributed by atoms with Crippen LogP contribution in [0.3, 0.4) is 0 Å². The number of carbonyl (C=O) groups is 1. The van der Waals surface area contributed by atoms with Crippen LogP contribution in [0.4, 0.5) is 0 Å². The molecule has 1 aromatic carbocycles. The lowest BCUT2D eigenvalue weighted by atomic mass is 9.84. The number of nitrogens with one attached hydrogen (secondary N) is 1. The van der Waals surface area contributed by atoms with Crippen molar-refractivity contribution in [2.24, 2.45) is 5.73 Å². The van der Waals surface area contributed by atoms with Crippen LogP contribution >= 0.6 is 15.9 Å². The topological polar surface area (TPSA) is 55.1 Å². The smallest absolute Gasteiger partial charge is 0.221 e. The van der Waals surface area contributed by atoms with E-state index in [9.17, 15) is 4.79 Å². The molecule has 0 spiro atoms. The lowest BCUT2D eigenvalue weighted by molar-refractivity contribution is -0.122. The molecule has 0 saturated heterocycles. The van der Waals surface area contributed by atoms with Crippen LogP contribution in [0.15, 0.2) is 28.7 Å². The first-order valence-electron chi connectivity index (χ1n) is 6.42. The molecule has 0 aliphatic heterocycles. The van der Waals surface area contributed by atoms with Gasteiger partial charge in [0.05, 0.1) is 0 Å². The molecular weight excluding hydrogens is 304 g/mol. The molecular formula is C15H23BrN2O. The van der Waals surface area contributed by atoms with Gasteiger partial charge in [-0.1, -0.05) is 41.9 Å². The van der Waals surface area contributed by atoms with Crippen LogP contribution < -0.4 is 11.1 Å². The summed E-state index contributed by atoms with van der Waals surface area (Å²) in [6.07, 6.45) is 0.335. The zero-order valence-electron chi connectivity index (χ0n) is 12.1. The van der Waals surface area contributed by atoms with Crippen LogP contribution in [0.2, 0.25) is 0 Å². The Labute approximate surface area is 124 Å². The Morgan fingerprint density at radius 3 is 2.47 bits per heavy atom. The fourth-order valence-electron chi connectivity index (χ4n) is 1.81. The van der Waals surface area contributed by atoms with Crippen LogP contribution in [0.1, 0.15) is 39.7 Å². The van der Waals surface area contributed by atoms with Crippen molar-refractivity contribution in [3.63, 3.8) is 0 Å². The summed E-state index contributed by atoms with van der Waals surface area (Å²) in [5, 5.41) is 2.96. The van der Waals surface area contributed by atoms with Gasteiger partial charge in [0.1, 0.15) is 0 Å². The Morgan fingerprint density at radius 2 is 1.95 bits per heavy atom. The van der Waals surface area contributed by atoms with E-state index < -0.39 is 5.54 Å². The van der Waals surface area contributed by atoms with E-state index in [1.54, 1.807) is 0 Å². The lowest BCUT2D eigenvalue weighted by Gasteiger charge is -2.27. The van der Waals surface area contributed by atoms with Crippen LogP contribution in [-0.4, -0.2) is 18.0 Å². The SMILES string of the molecule is CC(C)(N)CC(=O)NCC(C)(C)c1cccc(Br)c1. The van der Waals surface area contributed by atoms with Crippen molar-refractivity contribution in [1.29, 1.82) is 0 Å². The number of rotatable bonds is 5. The summed E-state index contributed by atoms with van der Waals surface area (Å²) < 4.78 is 1.05. The Balaban J connectivity index is 2.63. The van der Waals surface area contributed by atoms with Gasteiger partial charge in [0.25, 0.3) is 0 Å². The molecule has 0 fully saturated rings. The van der Waals surface area contributed by atoms with Gasteiger partial charge in [-0.2, -0.15) is 0 Å². The Bertz CT molecular complexity index is 450. The Kier molecular flexibility index (Phi) is 5.16. The summed E-state index contributed by atoms with van der Waals surface area (Å²) in [5.74, 6) is -0.00410. The highest BCUT2D eigenvalue weighted by atomic mass is 79.9. The van der Waals surface area contributed by atoms with Gasteiger partial charge in [-0.15, -0.1) is 0 Å². The molecule has 0 aliphatic rings. The van der Waals surface area contributed by atoms with E-state index in [1.165, 1.54) is 5.56 Å². The average molecular weight is 327 g/mol. The monoisotopic (exact) mass is 326 g/mol. The largest absolute Gasteiger partial charge is 0.355 e. The third-order valence-electron chi connectivity index (χ3n) is 2.95. The van der Waals surface area contributed by atoms with Gasteiger partial charge in [-0.3, -0.25) is 4.79 Å². The van der Waals surface area contributed by atoms with E-state index in [0.717, 1.165) is 4.47 Å². The molecule has 0 unspecified atom stereocenters. The Morgan fingerprint density at radius 1 is 1.32 bits per heavy atom. The predicted octanol–water partition coefficient (Wildman–Crippen LogP) is 2.97. The number of carbonyl (C=O) groups excluding carboxylic acids is 1. The van der Waals surface area contributed by atoms with Crippen LogP contribution in [-0.2, 0) is 10.2 Å². The van der Waals surface area contributed by atoms with Gasteiger partial charge in [0.2, 0.25) is 5.91 Å². The van der Waals surface area contributed by atoms with Crippen molar-refractivity contribution in [3.05, 3.63) is 34.3 Å². The minimum atomic E-state index is -0.468. The minimum Gasteiger partial charge on any atom is -0.355 e. The van der Waals surface area contributed by atoms with Gasteiger partial charge >= 0.3 is 0 Å². The summed E-state index contributed by atoms with van der Waals surface area (Å²) in [6.45, 7) is 8.53. The molecule has 0 aromatic heterocycles. The first-order chi connectivity index (χ1) is 8.60. The molecule has 19 heavy (non-hydrogen) atoms. The number of hydrogen-bond donors (Lipinski definition) is 2. The maximum atomic E-state index is 11.8. The van der Waals surface area contributed by atoms with Crippen molar-refractivity contribution in [3.8, 4) is 0 Å². The van der Waals surface area contributed by atoms with Crippen molar-refractivity contribution in [2.45, 2.75) is 45.1 Å². The zero-order valence-corrected chi connectivity index (χ0v) is 13.7. The molecule has 1 amide bonds. The molecule has 0 aliphatic carbocycles. The molecule has 0 atom stereocenters. The summed E-state index contributed by atoms with van der Waals surface area (Å²) in [6, 6.07) is 8.16. The van der Waals surface area contributed by atoms with Crippen molar-refractivity contribution < 1.29 is 4.79 Å². The van der Waals surface area contributed by atoms with Gasteiger partial charge in [-0.25, -0.2) is 0 Å². The van der Waals surface area contributed by atoms with E-state index in [1.807, 2.05) is 26.0 Å². The van der Waals surface area contributed by atoms with E-state index in [-0.39, 0.29) is 11.3 Å². The molecule has 0 saturated carbocycles. The lowest BCUT2D eigenvalue weighted by Crippen LogP contribution is -2.42. The van der Waals surface area contributed by atoms with Gasteiger partial charge in [0.15, 0.2) is 0 Å². The molecule has 0 radical (unpaired) electrons. The Hall–Kier alpha value is -0.870. The van der Waals surface area contributed by atoms with Crippen molar-refractivity contribution in [1.82, 2.24) is 5.32 Å². The maximum Gasteiger partial charge on any atom is 0.221 e. The third-order valence-corrected chi connectivity index (χ3v) is 3.44. The molecule has 3 N–H and O–H groups in total. The highest BCUT2D eigenvalue weighted by molar-refractivity contribution is 9.10. The summed E-state index contributed by atoms with van der Waals surface area (Å²) in [7, 11) is 0. The number of halogens is 1. The molecule has 3 nitrogen and oxygen atoms in total. The second kappa shape index (κ2) is 6.06. The highest BCUT2D eigenvalue weighted by Gasteiger charge is 2.23. The summed E-state index contributed by atoms with van der Waals surface area (Å²) in [4.78, 5) is 11.8. The van der Waals surface area contributed by atoms with Crippen LogP contribution in [0, 0.1) is 0 Å². The van der Waals surface area contributed by atoms with E-state index in [4.69, 9.17) is 5.73 Å². The first-order valence-corrected chi connectivity index (χ1v) is 7.21. The summed E-state index contributed by atoms with van der Waals surface area (Å²) >= 11 is 3.47. The van der Waals surface area contributed by atoms with Crippen LogP contribution in [0.25, 0.3) is 0 Å². The van der Waals surface area contributed by atoms with Crippen molar-refractivity contribution in [2.75, 3.05) is 6.54 Å². The first kappa shape index (κ1) is 16.2. The zero-order chi connectivity index (χ0) is 14.7. The molecule has 1 rings (SSSR count). The molecule has 4 heteroatoms. The standard InChI is InChI=1S/C15H23BrN2O/c1-14(2,11-6-5-7-12(16)8-11)10-18-13(19)9-15(3,4)17/h5-8H,9-10,17H2,1-4H3,(H,18,19). The van der Waals surface area contributed by atoms with E-state index in [2.05, 4.69) is 47.2 Å². The summed E-state index contributed by atoms with van der Waals surface area (Å²) in [5.41, 5.74) is 6.45. The normalized spacial score (nSPS) is 12.3. The van der Waals surface area contributed by atoms with E-state index >= 15 is 0 Å². The van der Waals surface area contributed by atoms with Gasteiger partial charge in [0, 0.05) is 28.4 Å². The molecule has 106 valence electrons. The molecule has 1 aromatic rings. The second-order valence-electron chi connectivity index (χ2n) is 6.34. The van der Waals surface area contributed by atoms with Gasteiger partial charge in [-0.05, 0) is 31.5 Å². The highest BCUT2D eigenvalue weighted by Crippen LogP contribution is 2.25. The fourth-order valence-corrected chi connectivity index (χ4v) is 2.21. The quantitative estimate of drug-likeness (QED) is 0.873. The third kappa shape index (κ3) is 5.74. The van der Waals surface area contributed by atoms with E-state index in [0.29, 0.717) is 13.0 Å². The number of benzene rings is 1. The predicted molar refractivity (Wildman–Crippen MR) is 83.1 cm³/mol. The van der Waals surface area contributed by atoms with Gasteiger partial charge < -0.3 is 11.1 Å². The average Bonchev–Trinajstić information content (AvgIpc) is 2.24. The second-order valence-corrected chi connectivity index (χ2v) is 7.25.